The Morgan fingerprint density at radius 3 is 2.33 bits per heavy atom. The van der Waals surface area contributed by atoms with E-state index in [2.05, 4.69) is 0 Å². The second kappa shape index (κ2) is 7.14. The lowest BCUT2D eigenvalue weighted by Gasteiger charge is -2.07. The summed E-state index contributed by atoms with van der Waals surface area (Å²) in [6, 6.07) is 14.3. The molecule has 2 aromatic rings. The van der Waals surface area contributed by atoms with E-state index in [0.717, 1.165) is 5.56 Å². The Labute approximate surface area is 123 Å². The molecule has 0 aliphatic rings. The number of hydrogen-bond donors (Lipinski definition) is 0. The van der Waals surface area contributed by atoms with E-state index < -0.39 is 5.97 Å². The van der Waals surface area contributed by atoms with E-state index >= 15 is 0 Å². The van der Waals surface area contributed by atoms with Crippen LogP contribution in [0, 0.1) is 0 Å². The van der Waals surface area contributed by atoms with Gasteiger partial charge in [0.2, 0.25) is 0 Å². The van der Waals surface area contributed by atoms with Crippen LogP contribution in [0.1, 0.15) is 5.56 Å². The second-order valence-corrected chi connectivity index (χ2v) is 4.18. The van der Waals surface area contributed by atoms with Crippen molar-refractivity contribution in [2.45, 2.75) is 0 Å². The quantitative estimate of drug-likeness (QED) is 0.480. The standard InChI is InChI=1S/C17H16O4/c1-19-15-10-8-13(12-16(15)20-2)9-11-17(18)21-14-6-4-3-5-7-14/h3-12H,1-2H3. The molecule has 0 saturated heterocycles. The van der Waals surface area contributed by atoms with Crippen LogP contribution in [-0.2, 0) is 4.79 Å². The molecular formula is C17H16O4. The molecule has 0 aromatic heterocycles. The first kappa shape index (κ1) is 14.7. The van der Waals surface area contributed by atoms with Gasteiger partial charge < -0.3 is 14.2 Å². The summed E-state index contributed by atoms with van der Waals surface area (Å²) in [6.45, 7) is 0. The summed E-state index contributed by atoms with van der Waals surface area (Å²) in [5.41, 5.74) is 0.817. The van der Waals surface area contributed by atoms with Crippen LogP contribution in [0.3, 0.4) is 0 Å². The lowest BCUT2D eigenvalue weighted by Crippen LogP contribution is -2.03. The molecule has 0 aliphatic carbocycles. The molecule has 2 aromatic carbocycles. The molecule has 0 unspecified atom stereocenters. The Hall–Kier alpha value is -2.75. The minimum Gasteiger partial charge on any atom is -0.493 e. The zero-order valence-electron chi connectivity index (χ0n) is 11.9. The fourth-order valence-corrected chi connectivity index (χ4v) is 1.76. The van der Waals surface area contributed by atoms with Crippen LogP contribution >= 0.6 is 0 Å². The van der Waals surface area contributed by atoms with Crippen LogP contribution in [0.2, 0.25) is 0 Å². The molecule has 0 saturated carbocycles. The van der Waals surface area contributed by atoms with Gasteiger partial charge in [-0.15, -0.1) is 0 Å². The number of carbonyl (C=O) groups excluding carboxylic acids is 1. The van der Waals surface area contributed by atoms with Crippen molar-refractivity contribution in [1.82, 2.24) is 0 Å². The highest BCUT2D eigenvalue weighted by molar-refractivity contribution is 5.88. The van der Waals surface area contributed by atoms with E-state index in [0.29, 0.717) is 17.2 Å². The van der Waals surface area contributed by atoms with Gasteiger partial charge in [-0.05, 0) is 35.9 Å². The van der Waals surface area contributed by atoms with Crippen LogP contribution in [0.5, 0.6) is 17.2 Å². The summed E-state index contributed by atoms with van der Waals surface area (Å²) in [7, 11) is 3.14. The number of para-hydroxylation sites is 1. The fourth-order valence-electron chi connectivity index (χ4n) is 1.76. The van der Waals surface area contributed by atoms with E-state index in [9.17, 15) is 4.79 Å². The average Bonchev–Trinajstić information content (AvgIpc) is 2.53. The van der Waals surface area contributed by atoms with Crippen molar-refractivity contribution in [2.75, 3.05) is 14.2 Å². The molecule has 0 spiro atoms. The summed E-state index contributed by atoms with van der Waals surface area (Å²) in [5, 5.41) is 0. The van der Waals surface area contributed by atoms with Crippen LogP contribution in [0.4, 0.5) is 0 Å². The molecule has 0 atom stereocenters. The maximum absolute atomic E-state index is 11.7. The van der Waals surface area contributed by atoms with E-state index in [1.807, 2.05) is 12.1 Å². The summed E-state index contributed by atoms with van der Waals surface area (Å²) < 4.78 is 15.5. The van der Waals surface area contributed by atoms with Crippen molar-refractivity contribution >= 4 is 12.0 Å². The van der Waals surface area contributed by atoms with E-state index in [1.165, 1.54) is 6.08 Å². The molecule has 0 radical (unpaired) electrons. The van der Waals surface area contributed by atoms with Crippen molar-refractivity contribution in [3.8, 4) is 17.2 Å². The maximum Gasteiger partial charge on any atom is 0.336 e. The minimum atomic E-state index is -0.434. The SMILES string of the molecule is COc1ccc(C=CC(=O)Oc2ccccc2)cc1OC. The van der Waals surface area contributed by atoms with Crippen LogP contribution < -0.4 is 14.2 Å². The molecule has 2 rings (SSSR count). The lowest BCUT2D eigenvalue weighted by atomic mass is 10.2. The normalized spacial score (nSPS) is 10.4. The number of carbonyl (C=O) groups is 1. The molecule has 0 fully saturated rings. The van der Waals surface area contributed by atoms with E-state index in [-0.39, 0.29) is 0 Å². The zero-order valence-corrected chi connectivity index (χ0v) is 11.9. The summed E-state index contributed by atoms with van der Waals surface area (Å²) in [6.07, 6.45) is 3.03. The highest BCUT2D eigenvalue weighted by atomic mass is 16.5. The van der Waals surface area contributed by atoms with Crippen molar-refractivity contribution < 1.29 is 19.0 Å². The average molecular weight is 284 g/mol. The van der Waals surface area contributed by atoms with E-state index in [4.69, 9.17) is 14.2 Å². The first-order valence-corrected chi connectivity index (χ1v) is 6.40. The molecule has 0 aliphatic heterocycles. The van der Waals surface area contributed by atoms with Crippen molar-refractivity contribution in [3.63, 3.8) is 0 Å². The van der Waals surface area contributed by atoms with Crippen LogP contribution in [0.15, 0.2) is 54.6 Å². The van der Waals surface area contributed by atoms with Gasteiger partial charge in [0, 0.05) is 6.08 Å². The topological polar surface area (TPSA) is 44.8 Å². The third-order valence-electron chi connectivity index (χ3n) is 2.78. The Kier molecular flexibility index (Phi) is 4.99. The molecule has 4 heteroatoms. The fraction of sp³-hybridized carbons (Fsp3) is 0.118. The number of methoxy groups -OCH3 is 2. The van der Waals surface area contributed by atoms with Gasteiger partial charge in [0.1, 0.15) is 5.75 Å². The van der Waals surface area contributed by atoms with E-state index in [1.54, 1.807) is 56.7 Å². The number of benzene rings is 2. The molecule has 21 heavy (non-hydrogen) atoms. The summed E-state index contributed by atoms with van der Waals surface area (Å²) in [5.74, 6) is 1.33. The molecule has 0 bridgehead atoms. The number of ether oxygens (including phenoxy) is 3. The zero-order chi connectivity index (χ0) is 15.1. The molecule has 108 valence electrons. The van der Waals surface area contributed by atoms with Gasteiger partial charge in [-0.2, -0.15) is 0 Å². The van der Waals surface area contributed by atoms with Crippen molar-refractivity contribution in [1.29, 1.82) is 0 Å². The van der Waals surface area contributed by atoms with Gasteiger partial charge in [0.25, 0.3) is 0 Å². The Balaban J connectivity index is 2.05. The molecule has 4 nitrogen and oxygen atoms in total. The predicted octanol–water partition coefficient (Wildman–Crippen LogP) is 3.32. The minimum absolute atomic E-state index is 0.434. The number of esters is 1. The largest absolute Gasteiger partial charge is 0.493 e. The summed E-state index contributed by atoms with van der Waals surface area (Å²) in [4.78, 5) is 11.7. The van der Waals surface area contributed by atoms with Gasteiger partial charge in [-0.3, -0.25) is 0 Å². The Bertz CT molecular complexity index is 632. The molecule has 0 heterocycles. The molecule has 0 N–H and O–H groups in total. The predicted molar refractivity (Wildman–Crippen MR) is 80.7 cm³/mol. The Morgan fingerprint density at radius 2 is 1.67 bits per heavy atom. The van der Waals surface area contributed by atoms with Crippen molar-refractivity contribution in [2.24, 2.45) is 0 Å². The molecule has 0 amide bonds. The lowest BCUT2D eigenvalue weighted by molar-refractivity contribution is -0.128. The monoisotopic (exact) mass is 284 g/mol. The van der Waals surface area contributed by atoms with Gasteiger partial charge in [-0.1, -0.05) is 24.3 Å². The highest BCUT2D eigenvalue weighted by Crippen LogP contribution is 2.27. The third kappa shape index (κ3) is 4.11. The molecular weight excluding hydrogens is 268 g/mol. The van der Waals surface area contributed by atoms with Gasteiger partial charge in [0.05, 0.1) is 14.2 Å². The first-order chi connectivity index (χ1) is 10.2. The van der Waals surface area contributed by atoms with Gasteiger partial charge >= 0.3 is 5.97 Å². The van der Waals surface area contributed by atoms with Gasteiger partial charge in [0.15, 0.2) is 11.5 Å². The van der Waals surface area contributed by atoms with Gasteiger partial charge in [-0.25, -0.2) is 4.79 Å². The summed E-state index contributed by atoms with van der Waals surface area (Å²) >= 11 is 0. The highest BCUT2D eigenvalue weighted by Gasteiger charge is 2.04. The smallest absolute Gasteiger partial charge is 0.336 e. The maximum atomic E-state index is 11.7. The number of hydrogen-bond acceptors (Lipinski definition) is 4. The van der Waals surface area contributed by atoms with Crippen molar-refractivity contribution in [3.05, 3.63) is 60.2 Å². The Morgan fingerprint density at radius 1 is 0.952 bits per heavy atom. The van der Waals surface area contributed by atoms with Crippen LogP contribution in [-0.4, -0.2) is 20.2 Å². The number of rotatable bonds is 5. The third-order valence-corrected chi connectivity index (χ3v) is 2.78. The first-order valence-electron chi connectivity index (χ1n) is 6.40. The second-order valence-electron chi connectivity index (χ2n) is 4.18. The van der Waals surface area contributed by atoms with Crippen LogP contribution in [0.25, 0.3) is 6.08 Å².